The molecule has 1 aliphatic rings. The first-order chi connectivity index (χ1) is 11.6. The fraction of sp³-hybridized carbons (Fsp3) is 0.438. The SMILES string of the molecule is CN(C)c1cc(N[C@@H]2COCC[C@@H]2NC(=O)c2ccc[nH]2)ncn1. The molecule has 8 heteroatoms. The van der Waals surface area contributed by atoms with Crippen molar-refractivity contribution in [2.24, 2.45) is 0 Å². The third kappa shape index (κ3) is 3.83. The van der Waals surface area contributed by atoms with Gasteiger partial charge in [0.1, 0.15) is 23.7 Å². The number of carbonyl (C=O) groups excluding carboxylic acids is 1. The lowest BCUT2D eigenvalue weighted by molar-refractivity contribution is 0.0618. The summed E-state index contributed by atoms with van der Waals surface area (Å²) in [6.45, 7) is 1.14. The van der Waals surface area contributed by atoms with Gasteiger partial charge < -0.3 is 25.3 Å². The number of ether oxygens (including phenoxy) is 1. The summed E-state index contributed by atoms with van der Waals surface area (Å²) in [5, 5.41) is 6.41. The minimum Gasteiger partial charge on any atom is -0.379 e. The van der Waals surface area contributed by atoms with E-state index in [4.69, 9.17) is 4.74 Å². The second-order valence-corrected chi connectivity index (χ2v) is 5.93. The van der Waals surface area contributed by atoms with Crippen molar-refractivity contribution in [3.8, 4) is 0 Å². The Bertz CT molecular complexity index is 673. The number of nitrogens with zero attached hydrogens (tertiary/aromatic N) is 3. The van der Waals surface area contributed by atoms with Crippen molar-refractivity contribution < 1.29 is 9.53 Å². The molecule has 1 saturated heterocycles. The third-order valence-electron chi connectivity index (χ3n) is 3.96. The topological polar surface area (TPSA) is 95.2 Å². The Morgan fingerprint density at radius 2 is 2.25 bits per heavy atom. The van der Waals surface area contributed by atoms with E-state index in [1.807, 2.05) is 25.1 Å². The number of hydrogen-bond donors (Lipinski definition) is 3. The Morgan fingerprint density at radius 1 is 1.38 bits per heavy atom. The molecule has 8 nitrogen and oxygen atoms in total. The number of aromatic nitrogens is 3. The van der Waals surface area contributed by atoms with Crippen molar-refractivity contribution in [2.45, 2.75) is 18.5 Å². The predicted octanol–water partition coefficient (Wildman–Crippen LogP) is 0.870. The molecule has 3 heterocycles. The van der Waals surface area contributed by atoms with Gasteiger partial charge in [-0.25, -0.2) is 9.97 Å². The van der Waals surface area contributed by atoms with Gasteiger partial charge in [0.15, 0.2) is 0 Å². The summed E-state index contributed by atoms with van der Waals surface area (Å²) in [6, 6.07) is 5.34. The van der Waals surface area contributed by atoms with Gasteiger partial charge in [0.05, 0.1) is 18.7 Å². The number of H-pyrrole nitrogens is 1. The normalized spacial score (nSPS) is 20.4. The largest absolute Gasteiger partial charge is 0.379 e. The molecule has 24 heavy (non-hydrogen) atoms. The van der Waals surface area contributed by atoms with Crippen molar-refractivity contribution in [2.75, 3.05) is 37.5 Å². The van der Waals surface area contributed by atoms with E-state index in [1.54, 1.807) is 18.3 Å². The molecule has 1 fully saturated rings. The zero-order valence-electron chi connectivity index (χ0n) is 13.8. The van der Waals surface area contributed by atoms with E-state index in [-0.39, 0.29) is 18.0 Å². The molecule has 3 N–H and O–H groups in total. The number of rotatable bonds is 5. The van der Waals surface area contributed by atoms with Gasteiger partial charge in [-0.3, -0.25) is 4.79 Å². The standard InChI is InChI=1S/C16H22N6O2/c1-22(2)15-8-14(18-10-19-15)20-13-9-24-7-5-11(13)21-16(23)12-4-3-6-17-12/h3-4,6,8,10-11,13,17H,5,7,9H2,1-2H3,(H,21,23)(H,18,19,20)/t11-,13+/m0/s1. The molecule has 0 aliphatic carbocycles. The molecule has 2 aromatic rings. The van der Waals surface area contributed by atoms with Crippen LogP contribution in [0.2, 0.25) is 0 Å². The lowest BCUT2D eigenvalue weighted by Crippen LogP contribution is -2.52. The molecule has 0 bridgehead atoms. The lowest BCUT2D eigenvalue weighted by atomic mass is 10.0. The van der Waals surface area contributed by atoms with E-state index in [9.17, 15) is 4.79 Å². The summed E-state index contributed by atoms with van der Waals surface area (Å²) < 4.78 is 5.56. The van der Waals surface area contributed by atoms with Crippen molar-refractivity contribution in [3.63, 3.8) is 0 Å². The highest BCUT2D eigenvalue weighted by atomic mass is 16.5. The first-order valence-electron chi connectivity index (χ1n) is 7.91. The summed E-state index contributed by atoms with van der Waals surface area (Å²) in [5.74, 6) is 1.41. The maximum absolute atomic E-state index is 12.3. The zero-order chi connectivity index (χ0) is 16.9. The number of aromatic amines is 1. The molecular weight excluding hydrogens is 308 g/mol. The highest BCUT2D eigenvalue weighted by Gasteiger charge is 2.28. The molecule has 0 saturated carbocycles. The summed E-state index contributed by atoms with van der Waals surface area (Å²) in [6.07, 6.45) is 4.00. The molecule has 0 aromatic carbocycles. The van der Waals surface area contributed by atoms with E-state index in [2.05, 4.69) is 25.6 Å². The van der Waals surface area contributed by atoms with Gasteiger partial charge in [-0.05, 0) is 18.6 Å². The molecule has 2 aromatic heterocycles. The fourth-order valence-electron chi connectivity index (χ4n) is 2.63. The molecule has 3 rings (SSSR count). The number of hydrogen-bond acceptors (Lipinski definition) is 6. The van der Waals surface area contributed by atoms with Gasteiger partial charge in [0.2, 0.25) is 0 Å². The molecule has 128 valence electrons. The molecule has 1 amide bonds. The van der Waals surface area contributed by atoms with Crippen molar-refractivity contribution in [3.05, 3.63) is 36.4 Å². The monoisotopic (exact) mass is 330 g/mol. The fourth-order valence-corrected chi connectivity index (χ4v) is 2.63. The number of amides is 1. The van der Waals surface area contributed by atoms with Gasteiger partial charge in [-0.2, -0.15) is 0 Å². The second-order valence-electron chi connectivity index (χ2n) is 5.93. The van der Waals surface area contributed by atoms with E-state index in [0.29, 0.717) is 24.7 Å². The molecular formula is C16H22N6O2. The predicted molar refractivity (Wildman–Crippen MR) is 91.3 cm³/mol. The van der Waals surface area contributed by atoms with E-state index < -0.39 is 0 Å². The Balaban J connectivity index is 1.68. The number of carbonyl (C=O) groups is 1. The summed E-state index contributed by atoms with van der Waals surface area (Å²) >= 11 is 0. The van der Waals surface area contributed by atoms with Gasteiger partial charge in [-0.15, -0.1) is 0 Å². The second kappa shape index (κ2) is 7.31. The van der Waals surface area contributed by atoms with Gasteiger partial charge in [0.25, 0.3) is 5.91 Å². The van der Waals surface area contributed by atoms with E-state index in [0.717, 1.165) is 12.2 Å². The van der Waals surface area contributed by atoms with Crippen LogP contribution in [0.3, 0.4) is 0 Å². The van der Waals surface area contributed by atoms with Crippen LogP contribution in [-0.2, 0) is 4.74 Å². The van der Waals surface area contributed by atoms with Gasteiger partial charge in [-0.1, -0.05) is 0 Å². The Labute approximate surface area is 140 Å². The average Bonchev–Trinajstić information content (AvgIpc) is 3.11. The average molecular weight is 330 g/mol. The molecule has 0 radical (unpaired) electrons. The minimum absolute atomic E-state index is 0.0349. The van der Waals surface area contributed by atoms with Crippen LogP contribution in [0.1, 0.15) is 16.9 Å². The molecule has 0 unspecified atom stereocenters. The van der Waals surface area contributed by atoms with Gasteiger partial charge >= 0.3 is 0 Å². The van der Waals surface area contributed by atoms with Crippen molar-refractivity contribution in [1.29, 1.82) is 0 Å². The van der Waals surface area contributed by atoms with Crippen molar-refractivity contribution >= 4 is 17.5 Å². The summed E-state index contributed by atoms with van der Waals surface area (Å²) in [7, 11) is 3.85. The maximum atomic E-state index is 12.3. The molecule has 1 aliphatic heterocycles. The van der Waals surface area contributed by atoms with Crippen LogP contribution in [0.15, 0.2) is 30.7 Å². The lowest BCUT2D eigenvalue weighted by Gasteiger charge is -2.33. The summed E-state index contributed by atoms with van der Waals surface area (Å²) in [5.41, 5.74) is 0.553. The van der Waals surface area contributed by atoms with Crippen molar-refractivity contribution in [1.82, 2.24) is 20.3 Å². The van der Waals surface area contributed by atoms with E-state index >= 15 is 0 Å². The highest BCUT2D eigenvalue weighted by molar-refractivity contribution is 5.92. The highest BCUT2D eigenvalue weighted by Crippen LogP contribution is 2.16. The summed E-state index contributed by atoms with van der Waals surface area (Å²) in [4.78, 5) is 25.6. The van der Waals surface area contributed by atoms with E-state index in [1.165, 1.54) is 6.33 Å². The smallest absolute Gasteiger partial charge is 0.267 e. The number of nitrogens with one attached hydrogen (secondary N) is 3. The maximum Gasteiger partial charge on any atom is 0.267 e. The Hall–Kier alpha value is -2.61. The van der Waals surface area contributed by atoms with Crippen LogP contribution in [0.25, 0.3) is 0 Å². The Morgan fingerprint density at radius 3 is 3.00 bits per heavy atom. The molecule has 0 spiro atoms. The van der Waals surface area contributed by atoms with Crippen LogP contribution in [0, 0.1) is 0 Å². The third-order valence-corrected chi connectivity index (χ3v) is 3.96. The van der Waals surface area contributed by atoms with Crippen LogP contribution >= 0.6 is 0 Å². The van der Waals surface area contributed by atoms with Crippen LogP contribution in [0.4, 0.5) is 11.6 Å². The zero-order valence-corrected chi connectivity index (χ0v) is 13.8. The minimum atomic E-state index is -0.115. The quantitative estimate of drug-likeness (QED) is 0.753. The van der Waals surface area contributed by atoms with Crippen LogP contribution in [-0.4, -0.2) is 60.3 Å². The Kier molecular flexibility index (Phi) is 4.95. The van der Waals surface area contributed by atoms with Gasteiger partial charge in [0, 0.05) is 33.0 Å². The molecule has 2 atom stereocenters. The van der Waals surface area contributed by atoms with Crippen LogP contribution in [0.5, 0.6) is 0 Å². The first-order valence-corrected chi connectivity index (χ1v) is 7.91. The number of anilines is 2. The first kappa shape index (κ1) is 16.3. The van der Waals surface area contributed by atoms with Crippen LogP contribution < -0.4 is 15.5 Å².